The number of rotatable bonds is 17. The summed E-state index contributed by atoms with van der Waals surface area (Å²) in [4.78, 5) is 0. The van der Waals surface area contributed by atoms with E-state index in [9.17, 15) is 0 Å². The van der Waals surface area contributed by atoms with Crippen molar-refractivity contribution < 1.29 is 0 Å². The van der Waals surface area contributed by atoms with Crippen LogP contribution in [0.1, 0.15) is 432 Å². The highest BCUT2D eigenvalue weighted by Gasteiger charge is 2.59. The van der Waals surface area contributed by atoms with E-state index in [1.165, 1.54) is 212 Å². The van der Waals surface area contributed by atoms with Crippen molar-refractivity contribution in [2.75, 3.05) is 0 Å². The molecule has 506 valence electrons. The van der Waals surface area contributed by atoms with Crippen molar-refractivity contribution in [1.29, 1.82) is 0 Å². The first-order valence-electron chi connectivity index (χ1n) is 38.8. The van der Waals surface area contributed by atoms with Gasteiger partial charge in [-0.1, -0.05) is 368 Å². The number of hydrogen-bond donors (Lipinski definition) is 0. The summed E-state index contributed by atoms with van der Waals surface area (Å²) in [6, 6.07) is 0. The van der Waals surface area contributed by atoms with Gasteiger partial charge in [0.2, 0.25) is 0 Å². The maximum atomic E-state index is 2.37. The molecule has 0 nitrogen and oxygen atoms in total. The normalized spacial score (nSPS) is 26.1. The lowest BCUT2D eigenvalue weighted by atomic mass is 9.72. The second-order valence-electron chi connectivity index (χ2n) is 33.7. The van der Waals surface area contributed by atoms with Gasteiger partial charge in [-0.3, -0.25) is 0 Å². The van der Waals surface area contributed by atoms with Gasteiger partial charge in [0.05, 0.1) is 0 Å². The van der Waals surface area contributed by atoms with E-state index >= 15 is 0 Å². The Morgan fingerprint density at radius 2 is 0.759 bits per heavy atom. The zero-order chi connectivity index (χ0) is 64.6. The first kappa shape index (κ1) is 89.4. The van der Waals surface area contributed by atoms with Gasteiger partial charge < -0.3 is 0 Å². The predicted molar refractivity (Wildman–Crippen MR) is 390 cm³/mol. The van der Waals surface area contributed by atoms with Crippen molar-refractivity contribution in [3.63, 3.8) is 0 Å². The monoisotopic (exact) mass is 1170 g/mol. The molecule has 0 amide bonds. The first-order chi connectivity index (χ1) is 38.8. The SMILES string of the molecule is CC(C)CC(C)C.CC1(C)CCC1.CC1CC(C)C1.CC1CC1(C)C.CC1CCCC1.CC1CC[C@H]1C.CCC1CC1C.CCC1CCC1.CCCCC(C)C.CCCCC(C)C.CCCCCCC.CCC[C@H](C)CC.C[C@H]1CC12CC2. The van der Waals surface area contributed by atoms with E-state index < -0.39 is 0 Å². The smallest absolute Gasteiger partial charge is 0.0268 e. The van der Waals surface area contributed by atoms with E-state index in [2.05, 4.69) is 201 Å². The van der Waals surface area contributed by atoms with Gasteiger partial charge >= 0.3 is 0 Å². The molecule has 0 bridgehead atoms. The standard InChI is InChI=1S/5C7H16.C6H10.7C6H12/c1-6(2)5-7(3)4;2*1-4-5-6-7(2)3;1-4-6-7(3)5-2;1-3-5-7-6-4-2;1-5-4-6(5)2-3-6;1-5-4-6(5,2)3;1-5-3-6(2)4-5;1-6(2)4-3-5-6;1-5-3-4-6(5)2;1-6-4-2-3-5-6;1-3-6-4-5(6)2;1-2-6-4-3-5-6/h6-7H,5H2,1-4H3;3*7H,4-6H2,1-3H3;3-7H2,1-2H3;5H,2-4H2,1H3;5H,4H2,1-3H3;5-6H,3-4H2,1-2H3;3-5H2,1-2H3;5-6H,3-4H2,1-2H3;6H,2-5H2,1H3;5-6H,3-4H2,1-2H3;6H,2-5H2,1H3/t;;;7-;;5-;;;;5-,6?;;;/m...1.0...1.../s1. The van der Waals surface area contributed by atoms with Crippen LogP contribution in [0.15, 0.2) is 0 Å². The Morgan fingerprint density at radius 3 is 0.819 bits per heavy atom. The van der Waals surface area contributed by atoms with Gasteiger partial charge in [0, 0.05) is 0 Å². The largest absolute Gasteiger partial charge is 0.0654 e. The van der Waals surface area contributed by atoms with Crippen LogP contribution in [0, 0.1) is 105 Å². The van der Waals surface area contributed by atoms with Gasteiger partial charge in [-0.15, -0.1) is 0 Å². The molecule has 0 N–H and O–H groups in total. The molecule has 9 aliphatic rings. The van der Waals surface area contributed by atoms with Gasteiger partial charge in [0.15, 0.2) is 0 Å². The third-order valence-electron chi connectivity index (χ3n) is 21.0. The van der Waals surface area contributed by atoms with E-state index in [0.717, 1.165) is 99.6 Å². The maximum Gasteiger partial charge on any atom is -0.0268 e. The number of hydrogen-bond acceptors (Lipinski definition) is 0. The molecule has 4 unspecified atom stereocenters. The van der Waals surface area contributed by atoms with Gasteiger partial charge in [0.25, 0.3) is 0 Å². The maximum absolute atomic E-state index is 2.37. The first-order valence-corrected chi connectivity index (χ1v) is 38.8. The molecular weight excluding hydrogens is 997 g/mol. The molecule has 0 aliphatic heterocycles. The van der Waals surface area contributed by atoms with E-state index in [0.29, 0.717) is 5.41 Å². The Morgan fingerprint density at radius 1 is 0.373 bits per heavy atom. The summed E-state index contributed by atoms with van der Waals surface area (Å²) in [7, 11) is 0. The summed E-state index contributed by atoms with van der Waals surface area (Å²) in [6.07, 6.45) is 51.9. The minimum atomic E-state index is 0.708. The molecule has 0 aromatic heterocycles. The van der Waals surface area contributed by atoms with E-state index in [1.54, 1.807) is 19.3 Å². The number of unbranched alkanes of at least 4 members (excludes halogenated alkanes) is 6. The van der Waals surface area contributed by atoms with Gasteiger partial charge in [-0.25, -0.2) is 0 Å². The summed E-state index contributed by atoms with van der Waals surface area (Å²) in [5.41, 5.74) is 2.39. The highest BCUT2D eigenvalue weighted by molar-refractivity contribution is 5.10. The molecule has 9 rings (SSSR count). The van der Waals surface area contributed by atoms with E-state index in [1.807, 2.05) is 0 Å². The molecule has 0 aromatic rings. The molecule has 0 heterocycles. The van der Waals surface area contributed by atoms with Crippen LogP contribution in [0.25, 0.3) is 0 Å². The van der Waals surface area contributed by atoms with E-state index in [4.69, 9.17) is 0 Å². The molecule has 0 aromatic carbocycles. The topological polar surface area (TPSA) is 0 Å². The van der Waals surface area contributed by atoms with Crippen molar-refractivity contribution in [3.8, 4) is 0 Å². The summed E-state index contributed by atoms with van der Waals surface area (Å²) >= 11 is 0. The fourth-order valence-electron chi connectivity index (χ4n) is 11.7. The Labute approximate surface area is 534 Å². The molecule has 83 heavy (non-hydrogen) atoms. The summed E-state index contributed by atoms with van der Waals surface area (Å²) in [5.74, 6) is 15.1. The fourth-order valence-corrected chi connectivity index (χ4v) is 11.7. The van der Waals surface area contributed by atoms with Crippen LogP contribution >= 0.6 is 0 Å². The summed E-state index contributed by atoms with van der Waals surface area (Å²) in [6.45, 7) is 66.4. The summed E-state index contributed by atoms with van der Waals surface area (Å²) < 4.78 is 0. The Kier molecular flexibility index (Phi) is 59.1. The zero-order valence-electron chi connectivity index (χ0n) is 64.6. The van der Waals surface area contributed by atoms with Crippen molar-refractivity contribution in [2.45, 2.75) is 432 Å². The third kappa shape index (κ3) is 62.0. The predicted octanol–water partition coefficient (Wildman–Crippen LogP) is 30.8. The second-order valence-corrected chi connectivity index (χ2v) is 33.7. The second kappa shape index (κ2) is 54.9. The fraction of sp³-hybridized carbons (Fsp3) is 1.00. The molecule has 9 aliphatic carbocycles. The lowest BCUT2D eigenvalue weighted by Crippen LogP contribution is -2.20. The quantitative estimate of drug-likeness (QED) is 0.127. The van der Waals surface area contributed by atoms with Crippen LogP contribution in [0.2, 0.25) is 0 Å². The van der Waals surface area contributed by atoms with Gasteiger partial charge in [-0.2, -0.15) is 0 Å². The van der Waals surface area contributed by atoms with Crippen molar-refractivity contribution in [1.82, 2.24) is 0 Å². The Balaban J connectivity index is -0.000000407. The molecule has 7 atom stereocenters. The molecule has 1 spiro atoms. The summed E-state index contributed by atoms with van der Waals surface area (Å²) in [5, 5.41) is 0. The third-order valence-corrected chi connectivity index (χ3v) is 21.0. The molecular formula is C83H174. The Bertz CT molecular complexity index is 1200. The van der Waals surface area contributed by atoms with Crippen LogP contribution in [-0.2, 0) is 0 Å². The molecule has 0 radical (unpaired) electrons. The lowest BCUT2D eigenvalue weighted by molar-refractivity contribution is 0.190. The van der Waals surface area contributed by atoms with Crippen LogP contribution in [0.4, 0.5) is 0 Å². The highest BCUT2D eigenvalue weighted by Crippen LogP contribution is 2.70. The minimum absolute atomic E-state index is 0.708. The highest BCUT2D eigenvalue weighted by atomic mass is 14.6. The van der Waals surface area contributed by atoms with Crippen LogP contribution < -0.4 is 0 Å². The molecule has 0 saturated heterocycles. The minimum Gasteiger partial charge on any atom is -0.0654 e. The van der Waals surface area contributed by atoms with Crippen LogP contribution in [-0.4, -0.2) is 0 Å². The zero-order valence-corrected chi connectivity index (χ0v) is 64.6. The van der Waals surface area contributed by atoms with Crippen molar-refractivity contribution in [3.05, 3.63) is 0 Å². The Hall–Kier alpha value is 0. The molecule has 9 fully saturated rings. The van der Waals surface area contributed by atoms with Crippen LogP contribution in [0.3, 0.4) is 0 Å². The van der Waals surface area contributed by atoms with Gasteiger partial charge in [-0.05, 0) is 169 Å². The molecule has 0 heteroatoms. The van der Waals surface area contributed by atoms with Crippen LogP contribution in [0.5, 0.6) is 0 Å². The van der Waals surface area contributed by atoms with Crippen molar-refractivity contribution in [2.24, 2.45) is 105 Å². The average molecular weight is 1170 g/mol. The lowest BCUT2D eigenvalue weighted by Gasteiger charge is -2.33. The van der Waals surface area contributed by atoms with Crippen molar-refractivity contribution >= 4 is 0 Å². The molecule has 9 saturated carbocycles. The van der Waals surface area contributed by atoms with E-state index in [-0.39, 0.29) is 0 Å². The average Bonchev–Trinajstić information content (AvgIpc) is 4.42. The van der Waals surface area contributed by atoms with Gasteiger partial charge in [0.1, 0.15) is 0 Å².